The fourth-order valence-corrected chi connectivity index (χ4v) is 4.42. The van der Waals surface area contributed by atoms with Crippen LogP contribution in [0, 0.1) is 5.92 Å². The van der Waals surface area contributed by atoms with Crippen LogP contribution < -0.4 is 16.4 Å². The highest BCUT2D eigenvalue weighted by Crippen LogP contribution is 2.12. The van der Waals surface area contributed by atoms with Gasteiger partial charge < -0.3 is 16.4 Å². The number of nitrogens with two attached hydrogens (primary N) is 1. The largest absolute Gasteiger partial charge is 0.353 e. The molecular weight excluding hydrogens is 376 g/mol. The first-order chi connectivity index (χ1) is 10.7. The Balaban J connectivity index is 0.00000529. The fourth-order valence-electron chi connectivity index (χ4n) is 1.92. The summed E-state index contributed by atoms with van der Waals surface area (Å²) < 4.78 is 25.6. The number of halogens is 1. The van der Waals surface area contributed by atoms with E-state index in [1.807, 2.05) is 13.8 Å². The van der Waals surface area contributed by atoms with E-state index in [0.29, 0.717) is 13.1 Å². The number of hydrogen-bond acceptors (Lipinski definition) is 6. The normalized spacial score (nSPS) is 17.0. The molecule has 0 aliphatic carbocycles. The zero-order chi connectivity index (χ0) is 17.5. The number of nitrogens with zero attached hydrogens (tertiary/aromatic N) is 1. The third-order valence-corrected chi connectivity index (χ3v) is 6.30. The van der Waals surface area contributed by atoms with Crippen molar-refractivity contribution in [3.63, 3.8) is 0 Å². The zero-order valence-electron chi connectivity index (χ0n) is 14.0. The van der Waals surface area contributed by atoms with Gasteiger partial charge in [0.1, 0.15) is 0 Å². The summed E-state index contributed by atoms with van der Waals surface area (Å²) >= 11 is 1.73. The van der Waals surface area contributed by atoms with Gasteiger partial charge in [-0.25, -0.2) is 12.7 Å². The van der Waals surface area contributed by atoms with Crippen LogP contribution in [0.25, 0.3) is 0 Å². The van der Waals surface area contributed by atoms with Crippen LogP contribution in [-0.4, -0.2) is 74.0 Å². The maximum absolute atomic E-state index is 12.1. The van der Waals surface area contributed by atoms with Crippen LogP contribution in [-0.2, 0) is 19.6 Å². The molecule has 11 heteroatoms. The van der Waals surface area contributed by atoms with E-state index < -0.39 is 27.9 Å². The maximum atomic E-state index is 12.1. The summed E-state index contributed by atoms with van der Waals surface area (Å²) in [5.41, 5.74) is 5.66. The van der Waals surface area contributed by atoms with E-state index in [4.69, 9.17) is 5.73 Å². The van der Waals surface area contributed by atoms with Crippen molar-refractivity contribution < 1.29 is 18.0 Å². The monoisotopic (exact) mass is 402 g/mol. The summed E-state index contributed by atoms with van der Waals surface area (Å²) in [6, 6.07) is -0.667. The number of carbonyl (C=O) groups is 2. The second-order valence-electron chi connectivity index (χ2n) is 5.66. The van der Waals surface area contributed by atoms with Gasteiger partial charge in [-0.2, -0.15) is 11.8 Å². The number of rotatable bonds is 8. The Kier molecular flexibility index (Phi) is 10.9. The van der Waals surface area contributed by atoms with E-state index in [9.17, 15) is 18.0 Å². The SMILES string of the molecule is CC(C)[C@H](N)C(=O)NCC(=O)NCCS(=O)(=O)N1CCSCC1.Cl. The molecule has 1 aliphatic rings. The van der Waals surface area contributed by atoms with Gasteiger partial charge >= 0.3 is 0 Å². The highest BCUT2D eigenvalue weighted by Gasteiger charge is 2.24. The van der Waals surface area contributed by atoms with Gasteiger partial charge in [0.15, 0.2) is 0 Å². The zero-order valence-corrected chi connectivity index (χ0v) is 16.4. The summed E-state index contributed by atoms with van der Waals surface area (Å²) in [4.78, 5) is 23.2. The van der Waals surface area contributed by atoms with E-state index in [1.54, 1.807) is 11.8 Å². The van der Waals surface area contributed by atoms with E-state index in [2.05, 4.69) is 10.6 Å². The van der Waals surface area contributed by atoms with Gasteiger partial charge in [0.2, 0.25) is 21.8 Å². The van der Waals surface area contributed by atoms with Gasteiger partial charge in [0.05, 0.1) is 18.3 Å². The number of carbonyl (C=O) groups excluding carboxylic acids is 2. The van der Waals surface area contributed by atoms with Gasteiger partial charge in [0.25, 0.3) is 0 Å². The lowest BCUT2D eigenvalue weighted by molar-refractivity contribution is -0.127. The molecular formula is C13H27ClN4O4S2. The van der Waals surface area contributed by atoms with Crippen molar-refractivity contribution in [1.82, 2.24) is 14.9 Å². The molecule has 24 heavy (non-hydrogen) atoms. The lowest BCUT2D eigenvalue weighted by atomic mass is 10.1. The molecule has 0 spiro atoms. The molecule has 0 aromatic rings. The first-order valence-corrected chi connectivity index (χ1v) is 10.4. The van der Waals surface area contributed by atoms with Gasteiger partial charge in [-0.1, -0.05) is 13.8 Å². The summed E-state index contributed by atoms with van der Waals surface area (Å²) in [7, 11) is -3.34. The molecule has 0 aromatic heterocycles. The minimum absolute atomic E-state index is 0. The highest BCUT2D eigenvalue weighted by molar-refractivity contribution is 7.99. The highest BCUT2D eigenvalue weighted by atomic mass is 35.5. The summed E-state index contributed by atoms with van der Waals surface area (Å²) in [6.45, 7) is 4.48. The second kappa shape index (κ2) is 11.1. The average molecular weight is 403 g/mol. The molecule has 1 aliphatic heterocycles. The molecule has 1 saturated heterocycles. The quantitative estimate of drug-likeness (QED) is 0.479. The van der Waals surface area contributed by atoms with Gasteiger partial charge in [-0.15, -0.1) is 12.4 Å². The van der Waals surface area contributed by atoms with Gasteiger partial charge in [-0.3, -0.25) is 9.59 Å². The molecule has 1 heterocycles. The Labute approximate surface area is 154 Å². The van der Waals surface area contributed by atoms with Crippen molar-refractivity contribution in [1.29, 1.82) is 0 Å². The third kappa shape index (κ3) is 8.02. The molecule has 0 radical (unpaired) electrons. The molecule has 8 nitrogen and oxygen atoms in total. The van der Waals surface area contributed by atoms with Crippen LogP contribution in [0.2, 0.25) is 0 Å². The molecule has 0 bridgehead atoms. The Hall–Kier alpha value is -0.550. The number of hydrogen-bond donors (Lipinski definition) is 3. The number of thioether (sulfide) groups is 1. The fraction of sp³-hybridized carbons (Fsp3) is 0.846. The maximum Gasteiger partial charge on any atom is 0.239 e. The van der Waals surface area contributed by atoms with Crippen molar-refractivity contribution in [3.8, 4) is 0 Å². The lowest BCUT2D eigenvalue weighted by Crippen LogP contribution is -2.48. The van der Waals surface area contributed by atoms with E-state index in [-0.39, 0.29) is 37.2 Å². The molecule has 0 saturated carbocycles. The van der Waals surface area contributed by atoms with Crippen LogP contribution in [0.15, 0.2) is 0 Å². The van der Waals surface area contributed by atoms with Gasteiger partial charge in [0, 0.05) is 31.1 Å². The topological polar surface area (TPSA) is 122 Å². The summed E-state index contributed by atoms with van der Waals surface area (Å²) in [6.07, 6.45) is 0. The molecule has 1 fully saturated rings. The molecule has 142 valence electrons. The van der Waals surface area contributed by atoms with Gasteiger partial charge in [-0.05, 0) is 5.92 Å². The van der Waals surface area contributed by atoms with E-state index in [0.717, 1.165) is 11.5 Å². The Morgan fingerprint density at radius 1 is 1.21 bits per heavy atom. The van der Waals surface area contributed by atoms with Crippen LogP contribution in [0.5, 0.6) is 0 Å². The first-order valence-electron chi connectivity index (χ1n) is 7.59. The smallest absolute Gasteiger partial charge is 0.239 e. The minimum atomic E-state index is -3.34. The predicted octanol–water partition coefficient (Wildman–Crippen LogP) is -0.997. The van der Waals surface area contributed by atoms with E-state index >= 15 is 0 Å². The summed E-state index contributed by atoms with van der Waals surface area (Å²) in [5, 5.41) is 4.93. The number of amides is 2. The molecule has 0 aromatic carbocycles. The molecule has 0 unspecified atom stereocenters. The Morgan fingerprint density at radius 2 is 1.79 bits per heavy atom. The molecule has 2 amide bonds. The predicted molar refractivity (Wildman–Crippen MR) is 98.8 cm³/mol. The lowest BCUT2D eigenvalue weighted by Gasteiger charge is -2.25. The first kappa shape index (κ1) is 23.4. The van der Waals surface area contributed by atoms with Crippen molar-refractivity contribution in [2.75, 3.05) is 43.4 Å². The summed E-state index contributed by atoms with van der Waals surface area (Å²) in [5.74, 6) is 0.614. The van der Waals surface area contributed by atoms with Crippen molar-refractivity contribution in [2.45, 2.75) is 19.9 Å². The average Bonchev–Trinajstić information content (AvgIpc) is 2.52. The van der Waals surface area contributed by atoms with Crippen molar-refractivity contribution in [2.24, 2.45) is 11.7 Å². The number of sulfonamides is 1. The van der Waals surface area contributed by atoms with Crippen LogP contribution in [0.1, 0.15) is 13.8 Å². The molecule has 4 N–H and O–H groups in total. The molecule has 1 rings (SSSR count). The standard InChI is InChI=1S/C13H26N4O4S2.ClH/c1-10(2)12(14)13(19)16-9-11(18)15-3-8-23(20,21)17-4-6-22-7-5-17;/h10,12H,3-9,14H2,1-2H3,(H,15,18)(H,16,19);1H/t12-;/m0./s1. The Morgan fingerprint density at radius 3 is 2.33 bits per heavy atom. The molecule has 1 atom stereocenters. The van der Waals surface area contributed by atoms with Crippen LogP contribution in [0.4, 0.5) is 0 Å². The minimum Gasteiger partial charge on any atom is -0.353 e. The van der Waals surface area contributed by atoms with Crippen LogP contribution in [0.3, 0.4) is 0 Å². The van der Waals surface area contributed by atoms with Crippen LogP contribution >= 0.6 is 24.2 Å². The van der Waals surface area contributed by atoms with Crippen molar-refractivity contribution in [3.05, 3.63) is 0 Å². The van der Waals surface area contributed by atoms with E-state index in [1.165, 1.54) is 4.31 Å². The van der Waals surface area contributed by atoms with Crippen molar-refractivity contribution >= 4 is 46.0 Å². The third-order valence-electron chi connectivity index (χ3n) is 3.49. The Bertz CT molecular complexity index is 510. The number of nitrogens with one attached hydrogen (secondary N) is 2. The second-order valence-corrected chi connectivity index (χ2v) is 8.98.